The van der Waals surface area contributed by atoms with Crippen LogP contribution in [-0.2, 0) is 16.0 Å². The van der Waals surface area contributed by atoms with Crippen LogP contribution in [0.1, 0.15) is 122 Å². The van der Waals surface area contributed by atoms with Gasteiger partial charge in [-0.2, -0.15) is 0 Å². The molecule has 0 aliphatic carbocycles. The summed E-state index contributed by atoms with van der Waals surface area (Å²) in [6.07, 6.45) is 23.7. The van der Waals surface area contributed by atoms with Gasteiger partial charge in [-0.3, -0.25) is 4.79 Å². The number of hydrogen-bond donors (Lipinski definition) is 0. The smallest absolute Gasteiger partial charge is 0.416 e. The first-order chi connectivity index (χ1) is 17.7. The SMILES string of the molecule is CCCCCCCCCCC=CC[C@@H](CCCCCCC)C(=O)N1C(=O)OC[C@@H]1Cc1ccccc1. The van der Waals surface area contributed by atoms with Gasteiger partial charge in [-0.15, -0.1) is 0 Å². The number of allylic oxidation sites excluding steroid dienone is 2. The van der Waals surface area contributed by atoms with Crippen LogP contribution < -0.4 is 0 Å². The standard InChI is InChI=1S/C32H51NO3/c1-3-5-7-9-10-11-12-13-14-16-21-25-29(24-20-15-8-6-4-2)31(34)33-30(27-36-32(33)35)26-28-22-18-17-19-23-28/h16-19,21-23,29-30H,3-15,20,24-27H2,1-2H3/t29-,30+/m1/s1. The highest BCUT2D eigenvalue weighted by molar-refractivity contribution is 5.94. The molecular formula is C32H51NO3. The van der Waals surface area contributed by atoms with Crippen molar-refractivity contribution in [2.24, 2.45) is 5.92 Å². The molecule has 1 saturated heterocycles. The van der Waals surface area contributed by atoms with E-state index in [-0.39, 0.29) is 24.5 Å². The predicted octanol–water partition coefficient (Wildman–Crippen LogP) is 9.03. The van der Waals surface area contributed by atoms with Gasteiger partial charge in [-0.05, 0) is 37.7 Å². The summed E-state index contributed by atoms with van der Waals surface area (Å²) < 4.78 is 5.34. The Morgan fingerprint density at radius 3 is 2.17 bits per heavy atom. The Morgan fingerprint density at radius 1 is 0.889 bits per heavy atom. The third-order valence-corrected chi connectivity index (χ3v) is 7.33. The van der Waals surface area contributed by atoms with Crippen LogP contribution in [0.4, 0.5) is 4.79 Å². The monoisotopic (exact) mass is 497 g/mol. The number of carbonyl (C=O) groups is 2. The van der Waals surface area contributed by atoms with E-state index in [4.69, 9.17) is 4.74 Å². The Bertz CT molecular complexity index is 745. The number of unbranched alkanes of at least 4 members (excludes halogenated alkanes) is 12. The summed E-state index contributed by atoms with van der Waals surface area (Å²) in [6.45, 7) is 4.77. The summed E-state index contributed by atoms with van der Waals surface area (Å²) >= 11 is 0. The van der Waals surface area contributed by atoms with Crippen LogP contribution in [0, 0.1) is 5.92 Å². The van der Waals surface area contributed by atoms with E-state index in [1.807, 2.05) is 30.3 Å². The molecule has 2 atom stereocenters. The predicted molar refractivity (Wildman–Crippen MR) is 150 cm³/mol. The zero-order valence-corrected chi connectivity index (χ0v) is 23.1. The second-order valence-corrected chi connectivity index (χ2v) is 10.5. The van der Waals surface area contributed by atoms with Gasteiger partial charge in [0.25, 0.3) is 0 Å². The van der Waals surface area contributed by atoms with Gasteiger partial charge in [0.05, 0.1) is 6.04 Å². The molecule has 36 heavy (non-hydrogen) atoms. The molecular weight excluding hydrogens is 446 g/mol. The minimum atomic E-state index is -0.472. The zero-order chi connectivity index (χ0) is 25.8. The maximum absolute atomic E-state index is 13.6. The molecule has 1 aliphatic heterocycles. The van der Waals surface area contributed by atoms with Crippen LogP contribution in [-0.4, -0.2) is 29.5 Å². The number of rotatable bonds is 20. The molecule has 2 amide bonds. The van der Waals surface area contributed by atoms with Crippen molar-refractivity contribution >= 4 is 12.0 Å². The Kier molecular flexibility index (Phi) is 16.0. The number of carbonyl (C=O) groups excluding carboxylic acids is 2. The summed E-state index contributed by atoms with van der Waals surface area (Å²) in [6, 6.07) is 9.86. The van der Waals surface area contributed by atoms with Crippen LogP contribution >= 0.6 is 0 Å². The molecule has 4 heteroatoms. The molecule has 1 aromatic carbocycles. The molecule has 2 rings (SSSR count). The van der Waals surface area contributed by atoms with Crippen molar-refractivity contribution < 1.29 is 14.3 Å². The van der Waals surface area contributed by atoms with Crippen LogP contribution in [0.15, 0.2) is 42.5 Å². The highest BCUT2D eigenvalue weighted by Gasteiger charge is 2.40. The lowest BCUT2D eigenvalue weighted by Gasteiger charge is -2.24. The van der Waals surface area contributed by atoms with Crippen LogP contribution in [0.3, 0.4) is 0 Å². The minimum Gasteiger partial charge on any atom is -0.447 e. The van der Waals surface area contributed by atoms with E-state index in [0.29, 0.717) is 12.8 Å². The summed E-state index contributed by atoms with van der Waals surface area (Å²) in [5.74, 6) is -0.198. The second kappa shape index (κ2) is 19.1. The number of hydrogen-bond acceptors (Lipinski definition) is 3. The van der Waals surface area contributed by atoms with Crippen LogP contribution in [0.25, 0.3) is 0 Å². The molecule has 1 aromatic rings. The van der Waals surface area contributed by atoms with Crippen molar-refractivity contribution in [1.82, 2.24) is 4.90 Å². The number of cyclic esters (lactones) is 1. The van der Waals surface area contributed by atoms with Gasteiger partial charge in [0, 0.05) is 5.92 Å². The van der Waals surface area contributed by atoms with Crippen molar-refractivity contribution in [2.75, 3.05) is 6.61 Å². The average molecular weight is 498 g/mol. The van der Waals surface area contributed by atoms with Gasteiger partial charge in [0.15, 0.2) is 0 Å². The molecule has 202 valence electrons. The third kappa shape index (κ3) is 11.8. The Hall–Kier alpha value is -2.10. The Morgan fingerprint density at radius 2 is 1.50 bits per heavy atom. The van der Waals surface area contributed by atoms with E-state index >= 15 is 0 Å². The zero-order valence-electron chi connectivity index (χ0n) is 23.1. The molecule has 0 spiro atoms. The molecule has 0 aromatic heterocycles. The molecule has 0 radical (unpaired) electrons. The fourth-order valence-corrected chi connectivity index (χ4v) is 5.07. The van der Waals surface area contributed by atoms with Gasteiger partial charge < -0.3 is 4.74 Å². The molecule has 1 fully saturated rings. The molecule has 1 heterocycles. The van der Waals surface area contributed by atoms with Crippen LogP contribution in [0.5, 0.6) is 0 Å². The van der Waals surface area contributed by atoms with Crippen LogP contribution in [0.2, 0.25) is 0 Å². The molecule has 0 unspecified atom stereocenters. The lowest BCUT2D eigenvalue weighted by molar-refractivity contribution is -0.133. The number of nitrogens with zero attached hydrogens (tertiary/aromatic N) is 1. The van der Waals surface area contributed by atoms with E-state index in [9.17, 15) is 9.59 Å². The van der Waals surface area contributed by atoms with Gasteiger partial charge in [0.2, 0.25) is 5.91 Å². The van der Waals surface area contributed by atoms with Gasteiger partial charge in [-0.1, -0.05) is 133 Å². The molecule has 0 saturated carbocycles. The van der Waals surface area contributed by atoms with Crippen molar-refractivity contribution in [3.63, 3.8) is 0 Å². The van der Waals surface area contributed by atoms with Crippen molar-refractivity contribution in [3.8, 4) is 0 Å². The normalized spacial score (nSPS) is 16.6. The molecule has 0 bridgehead atoms. The summed E-state index contributed by atoms with van der Waals surface area (Å²) in [4.78, 5) is 27.6. The first-order valence-corrected chi connectivity index (χ1v) is 14.9. The summed E-state index contributed by atoms with van der Waals surface area (Å²) in [7, 11) is 0. The highest BCUT2D eigenvalue weighted by atomic mass is 16.6. The molecule has 1 aliphatic rings. The van der Waals surface area contributed by atoms with Crippen molar-refractivity contribution in [1.29, 1.82) is 0 Å². The molecule has 0 N–H and O–H groups in total. The average Bonchev–Trinajstić information content (AvgIpc) is 3.25. The van der Waals surface area contributed by atoms with Gasteiger partial charge in [-0.25, -0.2) is 9.69 Å². The fraction of sp³-hybridized carbons (Fsp3) is 0.688. The summed E-state index contributed by atoms with van der Waals surface area (Å²) in [5, 5.41) is 0. The van der Waals surface area contributed by atoms with E-state index < -0.39 is 6.09 Å². The van der Waals surface area contributed by atoms with E-state index in [1.54, 1.807) is 0 Å². The van der Waals surface area contributed by atoms with Crippen molar-refractivity contribution in [3.05, 3.63) is 48.0 Å². The maximum atomic E-state index is 13.6. The Labute approximate surface area is 220 Å². The second-order valence-electron chi connectivity index (χ2n) is 10.5. The van der Waals surface area contributed by atoms with Gasteiger partial charge in [0.1, 0.15) is 6.61 Å². The van der Waals surface area contributed by atoms with E-state index in [0.717, 1.165) is 31.2 Å². The first kappa shape index (κ1) is 30.1. The highest BCUT2D eigenvalue weighted by Crippen LogP contribution is 2.25. The topological polar surface area (TPSA) is 46.6 Å². The lowest BCUT2D eigenvalue weighted by atomic mass is 9.94. The number of imide groups is 1. The van der Waals surface area contributed by atoms with Gasteiger partial charge >= 0.3 is 6.09 Å². The largest absolute Gasteiger partial charge is 0.447 e. The third-order valence-electron chi connectivity index (χ3n) is 7.33. The first-order valence-electron chi connectivity index (χ1n) is 14.9. The Balaban J connectivity index is 1.85. The number of ether oxygens (including phenoxy) is 1. The lowest BCUT2D eigenvalue weighted by Crippen LogP contribution is -2.43. The minimum absolute atomic E-state index is 0.0503. The molecule has 4 nitrogen and oxygen atoms in total. The number of amides is 2. The van der Waals surface area contributed by atoms with E-state index in [1.165, 1.54) is 75.5 Å². The number of benzene rings is 1. The van der Waals surface area contributed by atoms with Crippen molar-refractivity contribution in [2.45, 2.75) is 129 Å². The van der Waals surface area contributed by atoms with E-state index in [2.05, 4.69) is 26.0 Å². The maximum Gasteiger partial charge on any atom is 0.416 e. The summed E-state index contributed by atoms with van der Waals surface area (Å²) in [5.41, 5.74) is 1.12. The quantitative estimate of drug-likeness (QED) is 0.133. The fourth-order valence-electron chi connectivity index (χ4n) is 5.07.